The van der Waals surface area contributed by atoms with Gasteiger partial charge in [0.2, 0.25) is 0 Å². The quantitative estimate of drug-likeness (QED) is 0.763. The van der Waals surface area contributed by atoms with E-state index in [1.807, 2.05) is 18.2 Å². The summed E-state index contributed by atoms with van der Waals surface area (Å²) < 4.78 is 0. The molecule has 1 saturated heterocycles. The van der Waals surface area contributed by atoms with Crippen molar-refractivity contribution in [3.8, 4) is 0 Å². The van der Waals surface area contributed by atoms with Crippen molar-refractivity contribution in [2.24, 2.45) is 0 Å². The molecule has 2 amide bonds. The molecule has 1 aliphatic carbocycles. The van der Waals surface area contributed by atoms with Crippen LogP contribution in [0.15, 0.2) is 24.3 Å². The molecular weight excluding hydrogens is 302 g/mol. The van der Waals surface area contributed by atoms with Gasteiger partial charge in [0.15, 0.2) is 6.54 Å². The van der Waals surface area contributed by atoms with E-state index in [4.69, 9.17) is 0 Å². The molecule has 24 heavy (non-hydrogen) atoms. The summed E-state index contributed by atoms with van der Waals surface area (Å²) in [6, 6.07) is 7.58. The average molecular weight is 330 g/mol. The summed E-state index contributed by atoms with van der Waals surface area (Å²) in [7, 11) is 0. The smallest absolute Gasteiger partial charge is 0.279 e. The number of quaternary nitrogens is 1. The van der Waals surface area contributed by atoms with Crippen molar-refractivity contribution in [2.45, 2.75) is 51.0 Å². The average Bonchev–Trinajstić information content (AvgIpc) is 3.34. The number of para-hydroxylation sites is 1. The summed E-state index contributed by atoms with van der Waals surface area (Å²) in [5.41, 5.74) is 1.17. The Hall–Kier alpha value is -1.88. The highest BCUT2D eigenvalue weighted by Gasteiger charge is 2.25. The van der Waals surface area contributed by atoms with E-state index in [-0.39, 0.29) is 11.8 Å². The van der Waals surface area contributed by atoms with Crippen LogP contribution in [0.2, 0.25) is 0 Å². The summed E-state index contributed by atoms with van der Waals surface area (Å²) >= 11 is 0. The zero-order chi connectivity index (χ0) is 16.8. The normalized spacial score (nSPS) is 19.2. The van der Waals surface area contributed by atoms with E-state index in [2.05, 4.69) is 10.6 Å². The molecule has 5 nitrogen and oxygen atoms in total. The van der Waals surface area contributed by atoms with Crippen molar-refractivity contribution in [3.05, 3.63) is 29.8 Å². The summed E-state index contributed by atoms with van der Waals surface area (Å²) in [6.07, 6.45) is 8.37. The molecule has 1 saturated carbocycles. The first kappa shape index (κ1) is 17.0. The van der Waals surface area contributed by atoms with Crippen molar-refractivity contribution >= 4 is 17.5 Å². The molecule has 0 aromatic heterocycles. The minimum Gasteiger partial charge on any atom is -0.349 e. The number of amides is 2. The molecule has 1 aliphatic heterocycles. The van der Waals surface area contributed by atoms with Crippen molar-refractivity contribution in [1.29, 1.82) is 0 Å². The summed E-state index contributed by atoms with van der Waals surface area (Å²) in [5.74, 6) is -0.0933. The Morgan fingerprint density at radius 2 is 1.67 bits per heavy atom. The highest BCUT2D eigenvalue weighted by Crippen LogP contribution is 2.21. The molecule has 0 spiro atoms. The van der Waals surface area contributed by atoms with Crippen molar-refractivity contribution in [3.63, 3.8) is 0 Å². The summed E-state index contributed by atoms with van der Waals surface area (Å²) in [5, 5.41) is 5.93. The van der Waals surface area contributed by atoms with Gasteiger partial charge in [0.05, 0.1) is 24.3 Å². The van der Waals surface area contributed by atoms with Crippen LogP contribution in [0.4, 0.5) is 5.69 Å². The fourth-order valence-electron chi connectivity index (χ4n) is 3.28. The minimum atomic E-state index is -0.0907. The Labute approximate surface area is 143 Å². The standard InChI is InChI=1S/C19H27N3O2/c23-18(14-22-12-6-2-1-3-7-13-22)21-17-9-5-4-8-16(17)19(24)20-15-10-11-15/h4-5,8-9,15H,1-3,6-7,10-14H2,(H,20,24)(H,21,23)/p+1. The molecule has 2 aliphatic rings. The second-order valence-corrected chi connectivity index (χ2v) is 7.04. The van der Waals surface area contributed by atoms with Crippen LogP contribution in [0.5, 0.6) is 0 Å². The van der Waals surface area contributed by atoms with E-state index in [1.54, 1.807) is 6.07 Å². The lowest BCUT2D eigenvalue weighted by atomic mass is 10.1. The summed E-state index contributed by atoms with van der Waals surface area (Å²) in [6.45, 7) is 2.62. The third-order valence-electron chi connectivity index (χ3n) is 4.83. The Morgan fingerprint density at radius 1 is 1.00 bits per heavy atom. The number of carbonyl (C=O) groups is 2. The van der Waals surface area contributed by atoms with Gasteiger partial charge in [-0.3, -0.25) is 9.59 Å². The van der Waals surface area contributed by atoms with Gasteiger partial charge in [0.25, 0.3) is 11.8 Å². The van der Waals surface area contributed by atoms with Gasteiger partial charge in [-0.25, -0.2) is 0 Å². The largest absolute Gasteiger partial charge is 0.349 e. The summed E-state index contributed by atoms with van der Waals surface area (Å²) in [4.78, 5) is 26.1. The van der Waals surface area contributed by atoms with E-state index in [0.717, 1.165) is 25.9 Å². The second-order valence-electron chi connectivity index (χ2n) is 7.04. The monoisotopic (exact) mass is 330 g/mol. The maximum Gasteiger partial charge on any atom is 0.279 e. The Morgan fingerprint density at radius 3 is 2.38 bits per heavy atom. The molecule has 0 atom stereocenters. The van der Waals surface area contributed by atoms with Crippen molar-refractivity contribution < 1.29 is 14.5 Å². The fourth-order valence-corrected chi connectivity index (χ4v) is 3.28. The van der Waals surface area contributed by atoms with E-state index in [9.17, 15) is 9.59 Å². The first-order valence-corrected chi connectivity index (χ1v) is 9.25. The molecule has 1 aromatic carbocycles. The van der Waals surface area contributed by atoms with Gasteiger partial charge in [-0.1, -0.05) is 18.6 Å². The Kier molecular flexibility index (Phi) is 5.86. The van der Waals surface area contributed by atoms with Crippen LogP contribution >= 0.6 is 0 Å². The lowest BCUT2D eigenvalue weighted by Crippen LogP contribution is -3.13. The number of hydrogen-bond donors (Lipinski definition) is 3. The Balaban J connectivity index is 1.58. The van der Waals surface area contributed by atoms with Crippen LogP contribution in [0.3, 0.4) is 0 Å². The molecule has 3 rings (SSSR count). The predicted molar refractivity (Wildman–Crippen MR) is 94.2 cm³/mol. The molecule has 3 N–H and O–H groups in total. The second kappa shape index (κ2) is 8.29. The number of carbonyl (C=O) groups excluding carboxylic acids is 2. The van der Waals surface area contributed by atoms with Gasteiger partial charge in [0, 0.05) is 6.04 Å². The minimum absolute atomic E-state index is 0.00255. The number of nitrogens with one attached hydrogen (secondary N) is 3. The number of likely N-dealkylation sites (tertiary alicyclic amines) is 1. The Bertz CT molecular complexity index is 576. The lowest BCUT2D eigenvalue weighted by Gasteiger charge is -2.21. The highest BCUT2D eigenvalue weighted by atomic mass is 16.2. The third-order valence-corrected chi connectivity index (χ3v) is 4.83. The van der Waals surface area contributed by atoms with Crippen molar-refractivity contribution in [1.82, 2.24) is 5.32 Å². The first-order valence-electron chi connectivity index (χ1n) is 9.25. The molecule has 0 unspecified atom stereocenters. The van der Waals surface area contributed by atoms with Crippen LogP contribution in [0, 0.1) is 0 Å². The number of rotatable bonds is 5. The van der Waals surface area contributed by atoms with Gasteiger partial charge in [0.1, 0.15) is 0 Å². The zero-order valence-electron chi connectivity index (χ0n) is 14.3. The molecule has 0 radical (unpaired) electrons. The maximum absolute atomic E-state index is 12.4. The molecular formula is C19H28N3O2+. The maximum atomic E-state index is 12.4. The third kappa shape index (κ3) is 5.06. The fraction of sp³-hybridized carbons (Fsp3) is 0.579. The van der Waals surface area contributed by atoms with Crippen LogP contribution < -0.4 is 15.5 Å². The molecule has 5 heteroatoms. The SMILES string of the molecule is O=C(C[NH+]1CCCCCCC1)Nc1ccccc1C(=O)NC1CC1. The van der Waals surface area contributed by atoms with Crippen LogP contribution in [0.25, 0.3) is 0 Å². The van der Waals surface area contributed by atoms with Gasteiger partial charge < -0.3 is 15.5 Å². The van der Waals surface area contributed by atoms with Crippen molar-refractivity contribution in [2.75, 3.05) is 25.0 Å². The van der Waals surface area contributed by atoms with Crippen LogP contribution in [-0.4, -0.2) is 37.5 Å². The molecule has 1 aromatic rings. The zero-order valence-corrected chi connectivity index (χ0v) is 14.3. The van der Waals surface area contributed by atoms with E-state index in [1.165, 1.54) is 37.0 Å². The molecule has 0 bridgehead atoms. The topological polar surface area (TPSA) is 62.6 Å². The van der Waals surface area contributed by atoms with Gasteiger partial charge in [-0.05, 0) is 50.7 Å². The first-order chi connectivity index (χ1) is 11.7. The predicted octanol–water partition coefficient (Wildman–Crippen LogP) is 1.37. The van der Waals surface area contributed by atoms with E-state index >= 15 is 0 Å². The molecule has 1 heterocycles. The van der Waals surface area contributed by atoms with E-state index < -0.39 is 0 Å². The van der Waals surface area contributed by atoms with E-state index in [0.29, 0.717) is 23.8 Å². The number of hydrogen-bond acceptors (Lipinski definition) is 2. The van der Waals surface area contributed by atoms with Crippen LogP contribution in [-0.2, 0) is 4.79 Å². The molecule has 130 valence electrons. The lowest BCUT2D eigenvalue weighted by molar-refractivity contribution is -0.892. The van der Waals surface area contributed by atoms with Gasteiger partial charge in [-0.15, -0.1) is 0 Å². The number of anilines is 1. The highest BCUT2D eigenvalue weighted by molar-refractivity contribution is 6.04. The number of benzene rings is 1. The van der Waals surface area contributed by atoms with Crippen LogP contribution in [0.1, 0.15) is 55.3 Å². The molecule has 2 fully saturated rings. The van der Waals surface area contributed by atoms with Gasteiger partial charge >= 0.3 is 0 Å². The van der Waals surface area contributed by atoms with Gasteiger partial charge in [-0.2, -0.15) is 0 Å².